The topological polar surface area (TPSA) is 72.2 Å². The van der Waals surface area contributed by atoms with Crippen LogP contribution in [0.15, 0.2) is 24.3 Å². The second-order valence-electron chi connectivity index (χ2n) is 5.17. The van der Waals surface area contributed by atoms with Crippen molar-refractivity contribution in [1.29, 1.82) is 0 Å². The fraction of sp³-hybridized carbons (Fsp3) is 0.538. The predicted octanol–water partition coefficient (Wildman–Crippen LogP) is 2.18. The smallest absolute Gasteiger partial charge is 0.271 e. The van der Waals surface area contributed by atoms with E-state index in [0.29, 0.717) is 18.4 Å². The molecule has 0 aromatic heterocycles. The lowest BCUT2D eigenvalue weighted by molar-refractivity contribution is -0.137. The molecule has 4 nitrogen and oxygen atoms in total. The number of hydrogen-bond acceptors (Lipinski definition) is 4. The summed E-state index contributed by atoms with van der Waals surface area (Å²) < 4.78 is 61.8. The van der Waals surface area contributed by atoms with Gasteiger partial charge in [-0.3, -0.25) is 11.3 Å². The number of alkyl halides is 3. The predicted molar refractivity (Wildman–Crippen MR) is 72.9 cm³/mol. The number of rotatable bonds is 3. The van der Waals surface area contributed by atoms with Crippen LogP contribution in [0.4, 0.5) is 13.2 Å². The molecule has 0 bridgehead atoms. The molecule has 1 heterocycles. The van der Waals surface area contributed by atoms with E-state index in [0.717, 1.165) is 18.6 Å². The zero-order valence-electron chi connectivity index (χ0n) is 11.2. The van der Waals surface area contributed by atoms with Gasteiger partial charge in [0.15, 0.2) is 9.84 Å². The Kier molecular flexibility index (Phi) is 4.60. The van der Waals surface area contributed by atoms with Gasteiger partial charge >= 0.3 is 6.18 Å². The fourth-order valence-electron chi connectivity index (χ4n) is 2.65. The first-order valence-corrected chi connectivity index (χ1v) is 8.32. The molecule has 21 heavy (non-hydrogen) atoms. The van der Waals surface area contributed by atoms with Gasteiger partial charge < -0.3 is 0 Å². The van der Waals surface area contributed by atoms with Gasteiger partial charge in [-0.2, -0.15) is 13.2 Å². The van der Waals surface area contributed by atoms with Crippen molar-refractivity contribution in [1.82, 2.24) is 5.43 Å². The van der Waals surface area contributed by atoms with Gasteiger partial charge in [-0.05, 0) is 30.5 Å². The first-order valence-electron chi connectivity index (χ1n) is 6.60. The summed E-state index contributed by atoms with van der Waals surface area (Å²) in [7, 11) is -3.29. The second kappa shape index (κ2) is 5.94. The minimum absolute atomic E-state index is 0.0937. The Morgan fingerprint density at radius 2 is 1.81 bits per heavy atom. The number of nitrogens with two attached hydrogens (primary N) is 1. The molecule has 1 aromatic carbocycles. The standard InChI is InChI=1S/C13H17F3N2O2S/c14-13(15,16)10-6-4-9(5-7-10)12(18-17)11-3-1-2-8-21(11,19)20/h4-7,11-12,18H,1-3,8,17H2. The first-order chi connectivity index (χ1) is 9.75. The summed E-state index contributed by atoms with van der Waals surface area (Å²) in [5.74, 6) is 5.54. The van der Waals surface area contributed by atoms with Crippen LogP contribution in [0.1, 0.15) is 36.4 Å². The normalized spacial score (nSPS) is 23.7. The van der Waals surface area contributed by atoms with Crippen molar-refractivity contribution in [2.75, 3.05) is 5.75 Å². The van der Waals surface area contributed by atoms with Crippen LogP contribution in [0.5, 0.6) is 0 Å². The summed E-state index contributed by atoms with van der Waals surface area (Å²) in [5.41, 5.74) is 2.12. The molecule has 0 radical (unpaired) electrons. The van der Waals surface area contributed by atoms with Gasteiger partial charge in [0.1, 0.15) is 0 Å². The molecule has 1 aromatic rings. The van der Waals surface area contributed by atoms with E-state index in [1.807, 2.05) is 0 Å². The number of sulfone groups is 1. The van der Waals surface area contributed by atoms with Crippen LogP contribution >= 0.6 is 0 Å². The molecule has 1 aliphatic heterocycles. The van der Waals surface area contributed by atoms with E-state index in [1.165, 1.54) is 12.1 Å². The Hall–Kier alpha value is -1.12. The molecule has 0 amide bonds. The van der Waals surface area contributed by atoms with E-state index in [1.54, 1.807) is 0 Å². The highest BCUT2D eigenvalue weighted by Crippen LogP contribution is 2.33. The highest BCUT2D eigenvalue weighted by Gasteiger charge is 2.36. The molecule has 2 atom stereocenters. The Bertz CT molecular complexity index is 584. The molecule has 1 saturated heterocycles. The molecule has 0 aliphatic carbocycles. The summed E-state index contributed by atoms with van der Waals surface area (Å²) in [6.45, 7) is 0. The summed E-state index contributed by atoms with van der Waals surface area (Å²) in [6, 6.07) is 3.73. The second-order valence-corrected chi connectivity index (χ2v) is 7.50. The molecule has 0 saturated carbocycles. The Morgan fingerprint density at radius 3 is 2.29 bits per heavy atom. The van der Waals surface area contributed by atoms with Gasteiger partial charge in [0.2, 0.25) is 0 Å². The molecular formula is C13H17F3N2O2S. The number of halogens is 3. The van der Waals surface area contributed by atoms with Crippen LogP contribution in [-0.4, -0.2) is 19.4 Å². The Labute approximate surface area is 121 Å². The summed E-state index contributed by atoms with van der Waals surface area (Å²) >= 11 is 0. The SMILES string of the molecule is NNC(c1ccc(C(F)(F)F)cc1)C1CCCCS1(=O)=O. The summed E-state index contributed by atoms with van der Waals surface area (Å²) in [5, 5.41) is -0.701. The van der Waals surface area contributed by atoms with Crippen molar-refractivity contribution in [3.05, 3.63) is 35.4 Å². The van der Waals surface area contributed by atoms with E-state index in [2.05, 4.69) is 5.43 Å². The Morgan fingerprint density at radius 1 is 1.19 bits per heavy atom. The molecule has 3 N–H and O–H groups in total. The molecule has 0 spiro atoms. The van der Waals surface area contributed by atoms with Crippen LogP contribution < -0.4 is 11.3 Å². The zero-order chi connectivity index (χ0) is 15.7. The van der Waals surface area contributed by atoms with Crippen LogP contribution in [0, 0.1) is 0 Å². The number of hydrogen-bond donors (Lipinski definition) is 2. The maximum Gasteiger partial charge on any atom is 0.416 e. The highest BCUT2D eigenvalue weighted by molar-refractivity contribution is 7.92. The maximum absolute atomic E-state index is 12.5. The summed E-state index contributed by atoms with van der Waals surface area (Å²) in [4.78, 5) is 0. The van der Waals surface area contributed by atoms with Gasteiger partial charge in [0.05, 0.1) is 22.6 Å². The van der Waals surface area contributed by atoms with Gasteiger partial charge in [-0.1, -0.05) is 18.6 Å². The van der Waals surface area contributed by atoms with E-state index < -0.39 is 32.9 Å². The van der Waals surface area contributed by atoms with Crippen LogP contribution in [-0.2, 0) is 16.0 Å². The molecule has 2 unspecified atom stereocenters. The van der Waals surface area contributed by atoms with E-state index in [-0.39, 0.29) is 5.75 Å². The van der Waals surface area contributed by atoms with Crippen LogP contribution in [0.3, 0.4) is 0 Å². The van der Waals surface area contributed by atoms with Gasteiger partial charge in [-0.25, -0.2) is 8.42 Å². The number of hydrazine groups is 1. The van der Waals surface area contributed by atoms with Crippen molar-refractivity contribution >= 4 is 9.84 Å². The van der Waals surface area contributed by atoms with Crippen molar-refractivity contribution in [2.24, 2.45) is 5.84 Å². The van der Waals surface area contributed by atoms with Crippen molar-refractivity contribution in [3.63, 3.8) is 0 Å². The fourth-order valence-corrected chi connectivity index (χ4v) is 4.74. The number of benzene rings is 1. The lowest BCUT2D eigenvalue weighted by Crippen LogP contribution is -2.43. The van der Waals surface area contributed by atoms with Crippen LogP contribution in [0.25, 0.3) is 0 Å². The molecule has 118 valence electrons. The average molecular weight is 322 g/mol. The number of nitrogens with one attached hydrogen (secondary N) is 1. The van der Waals surface area contributed by atoms with Gasteiger partial charge in [0.25, 0.3) is 0 Å². The lowest BCUT2D eigenvalue weighted by Gasteiger charge is -2.30. The molecule has 1 fully saturated rings. The van der Waals surface area contributed by atoms with E-state index in [4.69, 9.17) is 5.84 Å². The van der Waals surface area contributed by atoms with Gasteiger partial charge in [0, 0.05) is 0 Å². The average Bonchev–Trinajstić information content (AvgIpc) is 2.41. The lowest BCUT2D eigenvalue weighted by atomic mass is 9.99. The third-order valence-electron chi connectivity index (χ3n) is 3.78. The molecule has 1 aliphatic rings. The van der Waals surface area contributed by atoms with E-state index in [9.17, 15) is 21.6 Å². The zero-order valence-corrected chi connectivity index (χ0v) is 12.0. The highest BCUT2D eigenvalue weighted by atomic mass is 32.2. The van der Waals surface area contributed by atoms with Crippen molar-refractivity contribution in [3.8, 4) is 0 Å². The van der Waals surface area contributed by atoms with Gasteiger partial charge in [-0.15, -0.1) is 0 Å². The van der Waals surface area contributed by atoms with Crippen molar-refractivity contribution in [2.45, 2.75) is 36.7 Å². The largest absolute Gasteiger partial charge is 0.416 e. The minimum Gasteiger partial charge on any atom is -0.271 e. The third kappa shape index (κ3) is 3.56. The molecule has 8 heteroatoms. The van der Waals surface area contributed by atoms with Crippen molar-refractivity contribution < 1.29 is 21.6 Å². The first kappa shape index (κ1) is 16.3. The Balaban J connectivity index is 2.29. The quantitative estimate of drug-likeness (QED) is 0.661. The minimum atomic E-state index is -4.42. The third-order valence-corrected chi connectivity index (χ3v) is 6.07. The van der Waals surface area contributed by atoms with E-state index >= 15 is 0 Å². The summed E-state index contributed by atoms with van der Waals surface area (Å²) in [6.07, 6.45) is -2.58. The monoisotopic (exact) mass is 322 g/mol. The maximum atomic E-state index is 12.5. The van der Waals surface area contributed by atoms with Crippen LogP contribution in [0.2, 0.25) is 0 Å². The molecular weight excluding hydrogens is 305 g/mol. The molecule has 2 rings (SSSR count).